The lowest BCUT2D eigenvalue weighted by Crippen LogP contribution is -2.49. The maximum Gasteiger partial charge on any atom is 0.316 e. The van der Waals surface area contributed by atoms with Gasteiger partial charge in [-0.15, -0.1) is 11.8 Å². The van der Waals surface area contributed by atoms with E-state index in [4.69, 9.17) is 5.11 Å². The van der Waals surface area contributed by atoms with Gasteiger partial charge < -0.3 is 20.8 Å². The first-order chi connectivity index (χ1) is 15.8. The molecule has 0 spiro atoms. The zero-order valence-electron chi connectivity index (χ0n) is 17.9. The van der Waals surface area contributed by atoms with Gasteiger partial charge in [-0.05, 0) is 43.3 Å². The van der Waals surface area contributed by atoms with E-state index in [9.17, 15) is 24.3 Å². The number of benzene rings is 2. The van der Waals surface area contributed by atoms with Crippen molar-refractivity contribution in [3.63, 3.8) is 0 Å². The first kappa shape index (κ1) is 25.6. The van der Waals surface area contributed by atoms with Gasteiger partial charge in [0.2, 0.25) is 5.91 Å². The molecule has 0 fully saturated rings. The SMILES string of the molecule is CC(SCC(=O)NC[C@H](NC(=O)c1ccc(C#Cc2ccccc2)cc1)C(=O)CO)C(=O)O. The van der Waals surface area contributed by atoms with Crippen molar-refractivity contribution in [3.05, 3.63) is 71.3 Å². The van der Waals surface area contributed by atoms with E-state index < -0.39 is 41.5 Å². The third-order valence-electron chi connectivity index (χ3n) is 4.44. The lowest BCUT2D eigenvalue weighted by molar-refractivity contribution is -0.136. The van der Waals surface area contributed by atoms with Crippen LogP contribution in [0.2, 0.25) is 0 Å². The summed E-state index contributed by atoms with van der Waals surface area (Å²) in [7, 11) is 0. The van der Waals surface area contributed by atoms with Gasteiger partial charge in [-0.2, -0.15) is 0 Å². The predicted molar refractivity (Wildman–Crippen MR) is 125 cm³/mol. The highest BCUT2D eigenvalue weighted by molar-refractivity contribution is 8.01. The summed E-state index contributed by atoms with van der Waals surface area (Å²) < 4.78 is 0. The number of thioether (sulfide) groups is 1. The summed E-state index contributed by atoms with van der Waals surface area (Å²) in [6.45, 7) is 0.420. The Labute approximate surface area is 195 Å². The number of Topliss-reactive ketones (excluding diaryl/α,β-unsaturated/α-hetero) is 1. The first-order valence-electron chi connectivity index (χ1n) is 10.0. The van der Waals surface area contributed by atoms with Gasteiger partial charge in [0.05, 0.1) is 11.0 Å². The van der Waals surface area contributed by atoms with Crippen LogP contribution in [-0.4, -0.2) is 64.0 Å². The topological polar surface area (TPSA) is 133 Å². The van der Waals surface area contributed by atoms with Gasteiger partial charge in [0.1, 0.15) is 12.6 Å². The molecule has 33 heavy (non-hydrogen) atoms. The van der Waals surface area contributed by atoms with Crippen LogP contribution in [-0.2, 0) is 14.4 Å². The van der Waals surface area contributed by atoms with Crippen LogP contribution < -0.4 is 10.6 Å². The zero-order chi connectivity index (χ0) is 24.2. The van der Waals surface area contributed by atoms with Crippen molar-refractivity contribution in [1.29, 1.82) is 0 Å². The molecule has 0 aromatic heterocycles. The average molecular weight is 469 g/mol. The Morgan fingerprint density at radius 1 is 0.970 bits per heavy atom. The van der Waals surface area contributed by atoms with Crippen molar-refractivity contribution in [2.75, 3.05) is 18.9 Å². The molecule has 0 heterocycles. The Kier molecular flexibility index (Phi) is 10.1. The van der Waals surface area contributed by atoms with E-state index in [0.29, 0.717) is 5.56 Å². The van der Waals surface area contributed by atoms with Crippen molar-refractivity contribution >= 4 is 35.3 Å². The van der Waals surface area contributed by atoms with Crippen LogP contribution in [0.5, 0.6) is 0 Å². The molecule has 4 N–H and O–H groups in total. The summed E-state index contributed by atoms with van der Waals surface area (Å²) in [4.78, 5) is 47.3. The van der Waals surface area contributed by atoms with Gasteiger partial charge in [0.15, 0.2) is 5.78 Å². The summed E-state index contributed by atoms with van der Waals surface area (Å²) in [5.74, 6) is 3.16. The minimum atomic E-state index is -1.13. The lowest BCUT2D eigenvalue weighted by atomic mass is 10.1. The second kappa shape index (κ2) is 13.1. The van der Waals surface area contributed by atoms with Gasteiger partial charge in [0, 0.05) is 23.2 Å². The summed E-state index contributed by atoms with van der Waals surface area (Å²) in [6.07, 6.45) is 0. The lowest BCUT2D eigenvalue weighted by Gasteiger charge is -2.17. The van der Waals surface area contributed by atoms with Gasteiger partial charge in [-0.25, -0.2) is 0 Å². The fraction of sp³-hybridized carbons (Fsp3) is 0.250. The Morgan fingerprint density at radius 3 is 2.15 bits per heavy atom. The van der Waals surface area contributed by atoms with E-state index in [-0.39, 0.29) is 17.9 Å². The van der Waals surface area contributed by atoms with Crippen molar-refractivity contribution in [2.24, 2.45) is 0 Å². The highest BCUT2D eigenvalue weighted by atomic mass is 32.2. The number of aliphatic hydroxyl groups excluding tert-OH is 1. The third kappa shape index (κ3) is 8.80. The van der Waals surface area contributed by atoms with Crippen molar-refractivity contribution in [2.45, 2.75) is 18.2 Å². The number of carbonyl (C=O) groups excluding carboxylic acids is 3. The number of aliphatic carboxylic acids is 1. The van der Waals surface area contributed by atoms with Crippen LogP contribution in [0, 0.1) is 11.8 Å². The molecule has 9 heteroatoms. The molecule has 8 nitrogen and oxygen atoms in total. The average Bonchev–Trinajstić information content (AvgIpc) is 2.83. The number of carboxylic acids is 1. The normalized spacial score (nSPS) is 11.9. The maximum absolute atomic E-state index is 12.5. The summed E-state index contributed by atoms with van der Waals surface area (Å²) >= 11 is 0.929. The Hall–Kier alpha value is -3.61. The van der Waals surface area contributed by atoms with Crippen LogP contribution in [0.1, 0.15) is 28.4 Å². The Morgan fingerprint density at radius 2 is 1.58 bits per heavy atom. The maximum atomic E-state index is 12.5. The fourth-order valence-electron chi connectivity index (χ4n) is 2.51. The predicted octanol–water partition coefficient (Wildman–Crippen LogP) is 1.07. The van der Waals surface area contributed by atoms with Crippen LogP contribution in [0.25, 0.3) is 0 Å². The Bertz CT molecular complexity index is 1040. The molecule has 0 aliphatic rings. The highest BCUT2D eigenvalue weighted by Gasteiger charge is 2.22. The van der Waals surface area contributed by atoms with E-state index in [1.54, 1.807) is 24.3 Å². The Balaban J connectivity index is 1.95. The smallest absolute Gasteiger partial charge is 0.316 e. The van der Waals surface area contributed by atoms with Gasteiger partial charge >= 0.3 is 5.97 Å². The van der Waals surface area contributed by atoms with E-state index in [2.05, 4.69) is 22.5 Å². The number of aliphatic hydroxyl groups is 1. The largest absolute Gasteiger partial charge is 0.480 e. The summed E-state index contributed by atoms with van der Waals surface area (Å²) in [5, 5.41) is 22.2. The molecule has 0 saturated heterocycles. The molecule has 1 unspecified atom stereocenters. The zero-order valence-corrected chi connectivity index (χ0v) is 18.7. The molecule has 0 saturated carbocycles. The number of ketones is 1. The molecular weight excluding hydrogens is 444 g/mol. The molecule has 0 radical (unpaired) electrons. The molecule has 0 aliphatic heterocycles. The van der Waals surface area contributed by atoms with E-state index >= 15 is 0 Å². The molecule has 2 atom stereocenters. The minimum Gasteiger partial charge on any atom is -0.480 e. The highest BCUT2D eigenvalue weighted by Crippen LogP contribution is 2.09. The van der Waals surface area contributed by atoms with Gasteiger partial charge in [0.25, 0.3) is 5.91 Å². The number of hydrogen-bond acceptors (Lipinski definition) is 6. The second-order valence-electron chi connectivity index (χ2n) is 6.94. The minimum absolute atomic E-state index is 0.118. The molecule has 172 valence electrons. The summed E-state index contributed by atoms with van der Waals surface area (Å²) in [5.41, 5.74) is 1.86. The first-order valence-corrected chi connectivity index (χ1v) is 11.1. The standard InChI is InChI=1S/C24H24N2O6S/c1-16(24(31)32)33-15-22(29)25-13-20(21(28)14-27)26-23(30)19-11-9-18(10-12-19)8-7-17-5-3-2-4-6-17/h2-6,9-12,16,20,27H,13-15H2,1H3,(H,25,29)(H,26,30)(H,31,32)/t16?,20-/m0/s1. The van der Waals surface area contributed by atoms with Gasteiger partial charge in [-0.3, -0.25) is 19.2 Å². The van der Waals surface area contributed by atoms with Crippen LogP contribution >= 0.6 is 11.8 Å². The molecule has 2 aromatic carbocycles. The monoisotopic (exact) mass is 468 g/mol. The number of hydrogen-bond donors (Lipinski definition) is 4. The van der Waals surface area contributed by atoms with E-state index in [1.807, 2.05) is 30.3 Å². The third-order valence-corrected chi connectivity index (χ3v) is 5.57. The molecule has 0 bridgehead atoms. The van der Waals surface area contributed by atoms with Crippen molar-refractivity contribution in [3.8, 4) is 11.8 Å². The quantitative estimate of drug-likeness (QED) is 0.383. The molecule has 2 aromatic rings. The molecule has 2 amide bonds. The number of amides is 2. The molecular formula is C24H24N2O6S. The van der Waals surface area contributed by atoms with E-state index in [1.165, 1.54) is 6.92 Å². The van der Waals surface area contributed by atoms with Crippen LogP contribution in [0.3, 0.4) is 0 Å². The molecule has 0 aliphatic carbocycles. The number of nitrogens with one attached hydrogen (secondary N) is 2. The number of carbonyl (C=O) groups is 4. The van der Waals surface area contributed by atoms with Crippen LogP contribution in [0.4, 0.5) is 0 Å². The van der Waals surface area contributed by atoms with E-state index in [0.717, 1.165) is 17.3 Å². The van der Waals surface area contributed by atoms with Gasteiger partial charge in [-0.1, -0.05) is 30.0 Å². The van der Waals surface area contributed by atoms with Crippen LogP contribution in [0.15, 0.2) is 54.6 Å². The fourth-order valence-corrected chi connectivity index (χ4v) is 3.15. The number of carboxylic acid groups (broad SMARTS) is 1. The summed E-state index contributed by atoms with van der Waals surface area (Å²) in [6, 6.07) is 14.8. The molecule has 2 rings (SSSR count). The van der Waals surface area contributed by atoms with Crippen molar-refractivity contribution < 1.29 is 29.4 Å². The van der Waals surface area contributed by atoms with Crippen molar-refractivity contribution in [1.82, 2.24) is 10.6 Å². The second-order valence-corrected chi connectivity index (χ2v) is 8.27. The number of rotatable bonds is 10.